The van der Waals surface area contributed by atoms with Crippen LogP contribution in [-0.2, 0) is 13.0 Å². The Hall–Kier alpha value is -3.19. The predicted molar refractivity (Wildman–Crippen MR) is 115 cm³/mol. The number of pyridine rings is 2. The molecule has 0 amide bonds. The van der Waals surface area contributed by atoms with Crippen LogP contribution in [0.2, 0.25) is 0 Å². The van der Waals surface area contributed by atoms with E-state index < -0.39 is 0 Å². The zero-order chi connectivity index (χ0) is 20.2. The van der Waals surface area contributed by atoms with Gasteiger partial charge in [-0.25, -0.2) is 9.97 Å². The van der Waals surface area contributed by atoms with Gasteiger partial charge in [0.2, 0.25) is 5.95 Å². The third-order valence-corrected chi connectivity index (χ3v) is 5.77. The molecule has 0 radical (unpaired) electrons. The van der Waals surface area contributed by atoms with Crippen molar-refractivity contribution >= 4 is 33.3 Å². The summed E-state index contributed by atoms with van der Waals surface area (Å²) < 4.78 is 0.834. The van der Waals surface area contributed by atoms with Gasteiger partial charge in [-0.1, -0.05) is 12.1 Å². The standard InChI is InChI=1S/C22H21N5OS/c1-14-16(5-3-10-23-14)7-8-19(28)20-21-18(9-12-29-21)26-22(27-20)25-13-17-6-4-11-24-15(17)2/h3-6,9-12H,7-8,13H2,1-2H3,(H,25,26,27). The molecule has 0 aliphatic heterocycles. The highest BCUT2D eigenvalue weighted by atomic mass is 32.1. The quantitative estimate of drug-likeness (QED) is 0.457. The molecule has 0 atom stereocenters. The number of nitrogens with zero attached hydrogens (tertiary/aromatic N) is 4. The van der Waals surface area contributed by atoms with Crippen LogP contribution in [0.15, 0.2) is 48.1 Å². The number of carbonyl (C=O) groups excluding carboxylic acids is 1. The Bertz CT molecular complexity index is 1170. The molecule has 0 bridgehead atoms. The molecule has 4 aromatic heterocycles. The monoisotopic (exact) mass is 403 g/mol. The van der Waals surface area contributed by atoms with Gasteiger partial charge in [-0.05, 0) is 55.0 Å². The van der Waals surface area contributed by atoms with Gasteiger partial charge in [-0.15, -0.1) is 11.3 Å². The summed E-state index contributed by atoms with van der Waals surface area (Å²) in [6, 6.07) is 9.75. The number of fused-ring (bicyclic) bond motifs is 1. The first-order chi connectivity index (χ1) is 14.1. The SMILES string of the molecule is Cc1ncccc1CCC(=O)c1nc(NCc2cccnc2C)nc2ccsc12. The molecule has 0 aliphatic rings. The minimum atomic E-state index is 0.0173. The van der Waals surface area contributed by atoms with Crippen molar-refractivity contribution in [3.05, 3.63) is 76.3 Å². The second kappa shape index (κ2) is 8.45. The Kier molecular flexibility index (Phi) is 5.57. The topological polar surface area (TPSA) is 80.7 Å². The van der Waals surface area contributed by atoms with E-state index in [2.05, 4.69) is 25.3 Å². The van der Waals surface area contributed by atoms with Crippen molar-refractivity contribution in [3.8, 4) is 0 Å². The molecule has 0 unspecified atom stereocenters. The van der Waals surface area contributed by atoms with Crippen molar-refractivity contribution in [2.24, 2.45) is 0 Å². The van der Waals surface area contributed by atoms with Crippen molar-refractivity contribution in [1.29, 1.82) is 0 Å². The van der Waals surface area contributed by atoms with Crippen LogP contribution in [0.4, 0.5) is 5.95 Å². The summed E-state index contributed by atoms with van der Waals surface area (Å²) in [4.78, 5) is 30.7. The van der Waals surface area contributed by atoms with Gasteiger partial charge in [-0.2, -0.15) is 0 Å². The summed E-state index contributed by atoms with van der Waals surface area (Å²) in [5.41, 5.74) is 5.34. The Balaban J connectivity index is 1.55. The first kappa shape index (κ1) is 19.1. The smallest absolute Gasteiger partial charge is 0.224 e. The van der Waals surface area contributed by atoms with E-state index in [0.717, 1.165) is 32.7 Å². The highest BCUT2D eigenvalue weighted by molar-refractivity contribution is 7.17. The Morgan fingerprint density at radius 1 is 1.00 bits per heavy atom. The highest BCUT2D eigenvalue weighted by Gasteiger charge is 2.17. The maximum absolute atomic E-state index is 13.0. The van der Waals surface area contributed by atoms with Crippen LogP contribution in [0.1, 0.15) is 39.4 Å². The summed E-state index contributed by atoms with van der Waals surface area (Å²) >= 11 is 1.50. The molecule has 7 heteroatoms. The van der Waals surface area contributed by atoms with E-state index in [0.29, 0.717) is 31.0 Å². The van der Waals surface area contributed by atoms with Gasteiger partial charge in [0.05, 0.1) is 10.2 Å². The Labute approximate surface area is 173 Å². The lowest BCUT2D eigenvalue weighted by Gasteiger charge is -2.09. The van der Waals surface area contributed by atoms with Crippen LogP contribution in [0, 0.1) is 13.8 Å². The number of nitrogens with one attached hydrogen (secondary N) is 1. The van der Waals surface area contributed by atoms with E-state index in [9.17, 15) is 4.79 Å². The van der Waals surface area contributed by atoms with Crippen molar-refractivity contribution < 1.29 is 4.79 Å². The lowest BCUT2D eigenvalue weighted by atomic mass is 10.0. The molecule has 0 spiro atoms. The minimum absolute atomic E-state index is 0.0173. The number of hydrogen-bond acceptors (Lipinski definition) is 7. The summed E-state index contributed by atoms with van der Waals surface area (Å²) in [6.45, 7) is 4.48. The number of carbonyl (C=O) groups is 1. The summed E-state index contributed by atoms with van der Waals surface area (Å²) in [6.07, 6.45) is 4.57. The molecule has 4 aromatic rings. The minimum Gasteiger partial charge on any atom is -0.350 e. The summed E-state index contributed by atoms with van der Waals surface area (Å²) in [5, 5.41) is 5.18. The van der Waals surface area contributed by atoms with Gasteiger partial charge in [0.25, 0.3) is 0 Å². The van der Waals surface area contributed by atoms with E-state index in [4.69, 9.17) is 0 Å². The Morgan fingerprint density at radius 2 is 1.72 bits per heavy atom. The lowest BCUT2D eigenvalue weighted by molar-refractivity contribution is 0.0980. The number of hydrogen-bond donors (Lipinski definition) is 1. The Morgan fingerprint density at radius 3 is 2.45 bits per heavy atom. The zero-order valence-corrected chi connectivity index (χ0v) is 17.2. The van der Waals surface area contributed by atoms with Gasteiger partial charge in [0, 0.05) is 36.7 Å². The normalized spacial score (nSPS) is 11.0. The van der Waals surface area contributed by atoms with E-state index in [-0.39, 0.29) is 5.78 Å². The van der Waals surface area contributed by atoms with Crippen LogP contribution < -0.4 is 5.32 Å². The largest absolute Gasteiger partial charge is 0.350 e. The van der Waals surface area contributed by atoms with Gasteiger partial charge < -0.3 is 5.32 Å². The second-order valence-electron chi connectivity index (χ2n) is 6.80. The van der Waals surface area contributed by atoms with Crippen LogP contribution in [-0.4, -0.2) is 25.7 Å². The molecule has 0 fully saturated rings. The first-order valence-corrected chi connectivity index (χ1v) is 10.3. The first-order valence-electron chi connectivity index (χ1n) is 9.45. The fourth-order valence-electron chi connectivity index (χ4n) is 3.16. The maximum atomic E-state index is 13.0. The molecule has 4 rings (SSSR count). The molecule has 0 saturated heterocycles. The van der Waals surface area contributed by atoms with Crippen molar-refractivity contribution in [2.75, 3.05) is 5.32 Å². The zero-order valence-electron chi connectivity index (χ0n) is 16.3. The number of thiophene rings is 1. The molecular formula is C22H21N5OS. The van der Waals surface area contributed by atoms with Gasteiger partial charge >= 0.3 is 0 Å². The summed E-state index contributed by atoms with van der Waals surface area (Å²) in [7, 11) is 0. The van der Waals surface area contributed by atoms with E-state index in [1.54, 1.807) is 12.4 Å². The predicted octanol–water partition coefficient (Wildman–Crippen LogP) is 4.53. The van der Waals surface area contributed by atoms with E-state index >= 15 is 0 Å². The number of ketones is 1. The van der Waals surface area contributed by atoms with Crippen molar-refractivity contribution in [1.82, 2.24) is 19.9 Å². The average Bonchev–Trinajstić information content (AvgIpc) is 3.20. The van der Waals surface area contributed by atoms with Crippen LogP contribution >= 0.6 is 11.3 Å². The maximum Gasteiger partial charge on any atom is 0.224 e. The number of rotatable bonds is 7. The van der Waals surface area contributed by atoms with Crippen LogP contribution in [0.25, 0.3) is 10.2 Å². The van der Waals surface area contributed by atoms with Crippen molar-refractivity contribution in [3.63, 3.8) is 0 Å². The van der Waals surface area contributed by atoms with Gasteiger partial charge in [-0.3, -0.25) is 14.8 Å². The van der Waals surface area contributed by atoms with Crippen LogP contribution in [0.3, 0.4) is 0 Å². The third kappa shape index (κ3) is 4.30. The van der Waals surface area contributed by atoms with E-state index in [1.165, 1.54) is 11.3 Å². The fourth-order valence-corrected chi connectivity index (χ4v) is 4.00. The highest BCUT2D eigenvalue weighted by Crippen LogP contribution is 2.25. The summed E-state index contributed by atoms with van der Waals surface area (Å²) in [5.74, 6) is 0.476. The average molecular weight is 404 g/mol. The molecule has 29 heavy (non-hydrogen) atoms. The molecule has 0 saturated carbocycles. The third-order valence-electron chi connectivity index (χ3n) is 4.86. The molecule has 6 nitrogen and oxygen atoms in total. The fraction of sp³-hybridized carbons (Fsp3) is 0.227. The lowest BCUT2D eigenvalue weighted by Crippen LogP contribution is -2.10. The number of Topliss-reactive ketones (excluding diaryl/α,β-unsaturated/α-hetero) is 1. The van der Waals surface area contributed by atoms with Gasteiger partial charge in [0.15, 0.2) is 5.78 Å². The molecule has 1 N–H and O–H groups in total. The molecular weight excluding hydrogens is 382 g/mol. The van der Waals surface area contributed by atoms with E-state index in [1.807, 2.05) is 49.6 Å². The van der Waals surface area contributed by atoms with Crippen molar-refractivity contribution in [2.45, 2.75) is 33.2 Å². The molecule has 0 aromatic carbocycles. The van der Waals surface area contributed by atoms with Crippen LogP contribution in [0.5, 0.6) is 0 Å². The number of aryl methyl sites for hydroxylation is 3. The number of anilines is 1. The molecule has 0 aliphatic carbocycles. The molecule has 146 valence electrons. The second-order valence-corrected chi connectivity index (χ2v) is 7.72. The van der Waals surface area contributed by atoms with Gasteiger partial charge in [0.1, 0.15) is 5.69 Å². The molecule has 4 heterocycles. The number of aromatic nitrogens is 4.